The third kappa shape index (κ3) is 4.96. The fourth-order valence-electron chi connectivity index (χ4n) is 2.55. The lowest BCUT2D eigenvalue weighted by Gasteiger charge is -2.07. The van der Waals surface area contributed by atoms with Crippen molar-refractivity contribution in [1.29, 1.82) is 5.26 Å². The first kappa shape index (κ1) is 18.7. The van der Waals surface area contributed by atoms with Gasteiger partial charge in [0.15, 0.2) is 0 Å². The molecule has 0 aromatic heterocycles. The Morgan fingerprint density at radius 3 is 2.39 bits per heavy atom. The van der Waals surface area contributed by atoms with Crippen LogP contribution in [0.1, 0.15) is 11.1 Å². The minimum Gasteiger partial charge on any atom is -0.489 e. The molecule has 138 valence electrons. The molecule has 0 aliphatic carbocycles. The normalized spacial score (nSPS) is 10.8. The number of ether oxygens (including phenoxy) is 1. The monoisotopic (exact) mass is 371 g/mol. The maximum Gasteiger partial charge on any atom is 0.292 e. The summed E-state index contributed by atoms with van der Waals surface area (Å²) in [6, 6.07) is 25.3. The van der Waals surface area contributed by atoms with E-state index in [4.69, 9.17) is 4.74 Å². The molecular formula is C22H17N3O3. The molecule has 1 N–H and O–H groups in total. The van der Waals surface area contributed by atoms with Gasteiger partial charge in [0.05, 0.1) is 4.92 Å². The number of nitriles is 1. The number of para-hydroxylation sites is 2. The Labute approximate surface area is 162 Å². The fraction of sp³-hybridized carbons (Fsp3) is 0.0455. The molecule has 0 amide bonds. The molecule has 3 aromatic carbocycles. The van der Waals surface area contributed by atoms with Gasteiger partial charge in [-0.2, -0.15) is 5.26 Å². The number of rotatable bonds is 7. The lowest BCUT2D eigenvalue weighted by atomic mass is 10.2. The first-order chi connectivity index (χ1) is 13.7. The Kier molecular flexibility index (Phi) is 6.01. The maximum absolute atomic E-state index is 11.1. The summed E-state index contributed by atoms with van der Waals surface area (Å²) in [6.07, 6.45) is 1.62. The van der Waals surface area contributed by atoms with E-state index < -0.39 is 4.92 Å². The van der Waals surface area contributed by atoms with E-state index >= 15 is 0 Å². The molecule has 0 spiro atoms. The molecule has 0 bridgehead atoms. The quantitative estimate of drug-likeness (QED) is 0.352. The van der Waals surface area contributed by atoms with E-state index in [1.165, 1.54) is 6.07 Å². The van der Waals surface area contributed by atoms with Gasteiger partial charge in [-0.3, -0.25) is 10.1 Å². The molecule has 6 nitrogen and oxygen atoms in total. The van der Waals surface area contributed by atoms with Gasteiger partial charge >= 0.3 is 0 Å². The average Bonchev–Trinajstić information content (AvgIpc) is 2.73. The highest BCUT2D eigenvalue weighted by Crippen LogP contribution is 2.25. The van der Waals surface area contributed by atoms with Crippen LogP contribution >= 0.6 is 0 Å². The van der Waals surface area contributed by atoms with Gasteiger partial charge in [0.25, 0.3) is 5.69 Å². The lowest BCUT2D eigenvalue weighted by molar-refractivity contribution is -0.383. The molecule has 0 unspecified atom stereocenters. The fourth-order valence-corrected chi connectivity index (χ4v) is 2.55. The molecule has 6 heteroatoms. The van der Waals surface area contributed by atoms with E-state index in [9.17, 15) is 15.4 Å². The van der Waals surface area contributed by atoms with Crippen molar-refractivity contribution >= 4 is 17.5 Å². The van der Waals surface area contributed by atoms with Crippen molar-refractivity contribution in [3.8, 4) is 11.8 Å². The van der Waals surface area contributed by atoms with Crippen LogP contribution < -0.4 is 10.1 Å². The molecule has 0 heterocycles. The van der Waals surface area contributed by atoms with Crippen LogP contribution in [0.4, 0.5) is 11.4 Å². The van der Waals surface area contributed by atoms with Gasteiger partial charge in [-0.05, 0) is 35.4 Å². The standard InChI is InChI=1S/C22H17N3O3/c23-15-19(24-21-8-4-5-9-22(21)25(26)27)14-17-10-12-20(13-11-17)28-16-18-6-2-1-3-7-18/h1-14,24H,16H2/b19-14+. The predicted octanol–water partition coefficient (Wildman–Crippen LogP) is 5.15. The van der Waals surface area contributed by atoms with Crippen molar-refractivity contribution in [3.05, 3.63) is 106 Å². The first-order valence-corrected chi connectivity index (χ1v) is 8.55. The van der Waals surface area contributed by atoms with Crippen molar-refractivity contribution in [1.82, 2.24) is 0 Å². The van der Waals surface area contributed by atoms with Crippen LogP contribution in [0.25, 0.3) is 6.08 Å². The zero-order valence-corrected chi connectivity index (χ0v) is 14.9. The van der Waals surface area contributed by atoms with Gasteiger partial charge in [0, 0.05) is 6.07 Å². The number of nitrogens with zero attached hydrogens (tertiary/aromatic N) is 2. The Hall–Kier alpha value is -4.11. The number of nitrogens with one attached hydrogen (secondary N) is 1. The Morgan fingerprint density at radius 1 is 1.04 bits per heavy atom. The number of benzene rings is 3. The minimum absolute atomic E-state index is 0.0895. The highest BCUT2D eigenvalue weighted by atomic mass is 16.6. The van der Waals surface area contributed by atoms with E-state index in [2.05, 4.69) is 5.32 Å². The number of hydrogen-bond acceptors (Lipinski definition) is 5. The zero-order valence-electron chi connectivity index (χ0n) is 14.9. The molecular weight excluding hydrogens is 354 g/mol. The molecule has 0 saturated heterocycles. The largest absolute Gasteiger partial charge is 0.489 e. The summed E-state index contributed by atoms with van der Waals surface area (Å²) < 4.78 is 5.74. The molecule has 0 saturated carbocycles. The van der Waals surface area contributed by atoms with Crippen LogP contribution in [0.3, 0.4) is 0 Å². The van der Waals surface area contributed by atoms with Crippen molar-refractivity contribution in [2.45, 2.75) is 6.61 Å². The smallest absolute Gasteiger partial charge is 0.292 e. The summed E-state index contributed by atoms with van der Waals surface area (Å²) in [7, 11) is 0. The number of nitro groups is 1. The molecule has 0 atom stereocenters. The summed E-state index contributed by atoms with van der Waals surface area (Å²) in [4.78, 5) is 10.6. The highest BCUT2D eigenvalue weighted by molar-refractivity contribution is 5.70. The van der Waals surface area contributed by atoms with E-state index in [1.54, 1.807) is 24.3 Å². The summed E-state index contributed by atoms with van der Waals surface area (Å²) in [5.41, 5.74) is 2.23. The Morgan fingerprint density at radius 2 is 1.71 bits per heavy atom. The topological polar surface area (TPSA) is 88.2 Å². The van der Waals surface area contributed by atoms with Crippen molar-refractivity contribution in [2.75, 3.05) is 5.32 Å². The molecule has 3 aromatic rings. The molecule has 0 fully saturated rings. The molecule has 0 aliphatic heterocycles. The van der Waals surface area contributed by atoms with Gasteiger partial charge in [-0.1, -0.05) is 54.6 Å². The van der Waals surface area contributed by atoms with E-state index in [-0.39, 0.29) is 17.1 Å². The number of hydrogen-bond donors (Lipinski definition) is 1. The zero-order chi connectivity index (χ0) is 19.8. The van der Waals surface area contributed by atoms with Crippen LogP contribution in [0.2, 0.25) is 0 Å². The van der Waals surface area contributed by atoms with E-state index in [0.29, 0.717) is 12.4 Å². The summed E-state index contributed by atoms with van der Waals surface area (Å²) >= 11 is 0. The van der Waals surface area contributed by atoms with Gasteiger partial charge < -0.3 is 10.1 Å². The third-order valence-corrected chi connectivity index (χ3v) is 3.93. The summed E-state index contributed by atoms with van der Waals surface area (Å²) in [5, 5.41) is 23.3. The number of anilines is 1. The third-order valence-electron chi connectivity index (χ3n) is 3.93. The average molecular weight is 371 g/mol. The van der Waals surface area contributed by atoms with Crippen LogP contribution in [-0.2, 0) is 6.61 Å². The van der Waals surface area contributed by atoms with Crippen LogP contribution in [0.15, 0.2) is 84.6 Å². The number of allylic oxidation sites excluding steroid dienone is 1. The maximum atomic E-state index is 11.1. The minimum atomic E-state index is -0.490. The van der Waals surface area contributed by atoms with Crippen LogP contribution in [0.5, 0.6) is 5.75 Å². The van der Waals surface area contributed by atoms with Crippen LogP contribution in [0, 0.1) is 21.4 Å². The Bertz CT molecular complexity index is 1020. The second-order valence-corrected chi connectivity index (χ2v) is 5.91. The predicted molar refractivity (Wildman–Crippen MR) is 108 cm³/mol. The van der Waals surface area contributed by atoms with E-state index in [0.717, 1.165) is 11.1 Å². The van der Waals surface area contributed by atoms with Crippen molar-refractivity contribution in [2.24, 2.45) is 0 Å². The molecule has 28 heavy (non-hydrogen) atoms. The second-order valence-electron chi connectivity index (χ2n) is 5.91. The Balaban J connectivity index is 1.69. The van der Waals surface area contributed by atoms with Gasteiger partial charge in [-0.25, -0.2) is 0 Å². The van der Waals surface area contributed by atoms with E-state index in [1.807, 2.05) is 60.7 Å². The first-order valence-electron chi connectivity index (χ1n) is 8.55. The van der Waals surface area contributed by atoms with Gasteiger partial charge in [0.1, 0.15) is 29.8 Å². The molecule has 0 aliphatic rings. The van der Waals surface area contributed by atoms with Crippen molar-refractivity contribution < 1.29 is 9.66 Å². The molecule has 3 rings (SSSR count). The molecule has 0 radical (unpaired) electrons. The van der Waals surface area contributed by atoms with Gasteiger partial charge in [-0.15, -0.1) is 0 Å². The van der Waals surface area contributed by atoms with Gasteiger partial charge in [0.2, 0.25) is 0 Å². The summed E-state index contributed by atoms with van der Waals surface area (Å²) in [5.74, 6) is 0.714. The highest BCUT2D eigenvalue weighted by Gasteiger charge is 2.13. The SMILES string of the molecule is N#C/C(=C\c1ccc(OCc2ccccc2)cc1)Nc1ccccc1[N+](=O)[O-]. The second kappa shape index (κ2) is 9.01. The lowest BCUT2D eigenvalue weighted by Crippen LogP contribution is -2.01. The van der Waals surface area contributed by atoms with Crippen LogP contribution in [-0.4, -0.2) is 4.92 Å². The summed E-state index contributed by atoms with van der Waals surface area (Å²) in [6.45, 7) is 0.471. The van der Waals surface area contributed by atoms with Crippen molar-refractivity contribution in [3.63, 3.8) is 0 Å². The number of nitro benzene ring substituents is 1.